The highest BCUT2D eigenvalue weighted by Crippen LogP contribution is 2.38. The lowest BCUT2D eigenvalue weighted by atomic mass is 9.99. The van der Waals surface area contributed by atoms with Crippen molar-refractivity contribution in [2.75, 3.05) is 49.8 Å². The third-order valence-electron chi connectivity index (χ3n) is 6.15. The van der Waals surface area contributed by atoms with Gasteiger partial charge in [0.25, 0.3) is 5.91 Å². The van der Waals surface area contributed by atoms with E-state index in [0.29, 0.717) is 41.2 Å². The highest BCUT2D eigenvalue weighted by Gasteiger charge is 2.29. The molecule has 1 aliphatic heterocycles. The average Bonchev–Trinajstić information content (AvgIpc) is 3.25. The molecule has 3 aromatic rings. The molecular weight excluding hydrogens is 480 g/mol. The second-order valence-electron chi connectivity index (χ2n) is 9.28. The molecule has 0 saturated carbocycles. The summed E-state index contributed by atoms with van der Waals surface area (Å²) in [6.07, 6.45) is 0.843. The molecule has 0 fully saturated rings. The maximum Gasteiger partial charge on any atom is 0.337 e. The summed E-state index contributed by atoms with van der Waals surface area (Å²) in [7, 11) is 5.07. The van der Waals surface area contributed by atoms with E-state index in [9.17, 15) is 14.4 Å². The number of benzene rings is 3. The summed E-state index contributed by atoms with van der Waals surface area (Å²) in [5.41, 5.74) is 5.12. The number of carbonyl (C=O) groups is 3. The van der Waals surface area contributed by atoms with Crippen molar-refractivity contribution >= 4 is 46.1 Å². The van der Waals surface area contributed by atoms with Crippen molar-refractivity contribution in [2.24, 2.45) is 0 Å². The molecule has 1 heterocycles. The minimum absolute atomic E-state index is 0.0372. The quantitative estimate of drug-likeness (QED) is 0.319. The number of likely N-dealkylation sites (N-methyl/N-ethyl adjacent to an activating group) is 1. The van der Waals surface area contributed by atoms with Gasteiger partial charge in [-0.25, -0.2) is 4.79 Å². The molecular formula is C30H32N4O4. The number of esters is 1. The number of methoxy groups -OCH3 is 1. The number of hydrogen-bond acceptors (Lipinski definition) is 6. The molecule has 0 bridgehead atoms. The lowest BCUT2D eigenvalue weighted by Gasteiger charge is -2.24. The molecule has 0 spiro atoms. The molecule has 0 radical (unpaired) electrons. The van der Waals surface area contributed by atoms with E-state index < -0.39 is 5.97 Å². The molecule has 8 nitrogen and oxygen atoms in total. The van der Waals surface area contributed by atoms with Crippen LogP contribution in [0.15, 0.2) is 72.8 Å². The second-order valence-corrected chi connectivity index (χ2v) is 9.28. The third kappa shape index (κ3) is 5.76. The van der Waals surface area contributed by atoms with Crippen molar-refractivity contribution in [1.82, 2.24) is 4.90 Å². The first-order chi connectivity index (χ1) is 18.3. The van der Waals surface area contributed by atoms with Crippen molar-refractivity contribution in [1.29, 1.82) is 0 Å². The molecule has 0 unspecified atom stereocenters. The molecule has 0 atom stereocenters. The van der Waals surface area contributed by atoms with Gasteiger partial charge in [-0.2, -0.15) is 0 Å². The van der Waals surface area contributed by atoms with Gasteiger partial charge in [-0.15, -0.1) is 0 Å². The lowest BCUT2D eigenvalue weighted by Crippen LogP contribution is -2.38. The Morgan fingerprint density at radius 2 is 1.66 bits per heavy atom. The highest BCUT2D eigenvalue weighted by atomic mass is 16.5. The highest BCUT2D eigenvalue weighted by molar-refractivity contribution is 6.37. The number of nitrogens with zero attached hydrogens (tertiary/aromatic N) is 2. The Morgan fingerprint density at radius 1 is 0.947 bits per heavy atom. The lowest BCUT2D eigenvalue weighted by molar-refractivity contribution is -0.119. The summed E-state index contributed by atoms with van der Waals surface area (Å²) >= 11 is 0. The Hall–Kier alpha value is -4.43. The van der Waals surface area contributed by atoms with E-state index in [1.807, 2.05) is 80.5 Å². The largest absolute Gasteiger partial charge is 0.465 e. The monoisotopic (exact) mass is 512 g/mol. The molecule has 0 saturated heterocycles. The minimum Gasteiger partial charge on any atom is -0.465 e. The van der Waals surface area contributed by atoms with E-state index >= 15 is 0 Å². The van der Waals surface area contributed by atoms with Gasteiger partial charge in [0.15, 0.2) is 0 Å². The van der Waals surface area contributed by atoms with Gasteiger partial charge in [-0.3, -0.25) is 9.59 Å². The van der Waals surface area contributed by atoms with E-state index in [1.165, 1.54) is 7.11 Å². The SMILES string of the molecule is CCCN(C(=O)CN(C)C)c1ccc(N/C(=C2\C(=O)Nc3cc(C(=O)OC)ccc32)c2ccccc2)cc1. The normalized spacial score (nSPS) is 13.6. The number of fused-ring (bicyclic) bond motifs is 1. The fourth-order valence-electron chi connectivity index (χ4n) is 4.40. The van der Waals surface area contributed by atoms with Gasteiger partial charge in [0.1, 0.15) is 0 Å². The Labute approximate surface area is 222 Å². The van der Waals surface area contributed by atoms with Crippen LogP contribution in [-0.4, -0.2) is 57.0 Å². The summed E-state index contributed by atoms with van der Waals surface area (Å²) < 4.78 is 4.82. The van der Waals surface area contributed by atoms with Crippen LogP contribution in [0.5, 0.6) is 0 Å². The predicted octanol–water partition coefficient (Wildman–Crippen LogP) is 4.71. The number of hydrogen-bond donors (Lipinski definition) is 2. The van der Waals surface area contributed by atoms with Gasteiger partial charge in [0, 0.05) is 23.5 Å². The summed E-state index contributed by atoms with van der Waals surface area (Å²) in [4.78, 5) is 41.6. The fraction of sp³-hybridized carbons (Fsp3) is 0.233. The number of anilines is 3. The molecule has 0 aromatic heterocycles. The Kier molecular flexibility index (Phi) is 8.23. The van der Waals surface area contributed by atoms with Gasteiger partial charge in [0.05, 0.1) is 36.2 Å². The van der Waals surface area contributed by atoms with E-state index in [1.54, 1.807) is 23.1 Å². The van der Waals surface area contributed by atoms with Gasteiger partial charge in [-0.05, 0) is 62.5 Å². The van der Waals surface area contributed by atoms with Gasteiger partial charge in [-0.1, -0.05) is 43.3 Å². The van der Waals surface area contributed by atoms with Crippen LogP contribution in [-0.2, 0) is 14.3 Å². The van der Waals surface area contributed by atoms with Crippen molar-refractivity contribution < 1.29 is 19.1 Å². The summed E-state index contributed by atoms with van der Waals surface area (Å²) in [6, 6.07) is 22.2. The van der Waals surface area contributed by atoms with Crippen LogP contribution < -0.4 is 15.5 Å². The van der Waals surface area contributed by atoms with Gasteiger partial charge < -0.3 is 25.2 Å². The Bertz CT molecular complexity index is 1360. The molecule has 4 rings (SSSR count). The fourth-order valence-corrected chi connectivity index (χ4v) is 4.40. The number of ether oxygens (including phenoxy) is 1. The second kappa shape index (κ2) is 11.7. The molecule has 2 amide bonds. The molecule has 2 N–H and O–H groups in total. The van der Waals surface area contributed by atoms with Crippen molar-refractivity contribution in [3.63, 3.8) is 0 Å². The van der Waals surface area contributed by atoms with Crippen LogP contribution in [0.2, 0.25) is 0 Å². The smallest absolute Gasteiger partial charge is 0.337 e. The predicted molar refractivity (Wildman–Crippen MR) is 151 cm³/mol. The minimum atomic E-state index is -0.470. The number of amides is 2. The van der Waals surface area contributed by atoms with E-state index in [4.69, 9.17) is 4.74 Å². The van der Waals surface area contributed by atoms with E-state index in [0.717, 1.165) is 23.4 Å². The Balaban J connectivity index is 1.72. The third-order valence-corrected chi connectivity index (χ3v) is 6.15. The van der Waals surface area contributed by atoms with Crippen LogP contribution in [0.4, 0.5) is 17.1 Å². The summed E-state index contributed by atoms with van der Waals surface area (Å²) in [5, 5.41) is 6.31. The van der Waals surface area contributed by atoms with Crippen molar-refractivity contribution in [3.05, 3.63) is 89.5 Å². The molecule has 38 heavy (non-hydrogen) atoms. The van der Waals surface area contributed by atoms with E-state index in [-0.39, 0.29) is 11.8 Å². The van der Waals surface area contributed by atoms with Gasteiger partial charge in [0.2, 0.25) is 5.91 Å². The summed E-state index contributed by atoms with van der Waals surface area (Å²) in [6.45, 7) is 3.00. The first-order valence-electron chi connectivity index (χ1n) is 12.5. The number of rotatable bonds is 9. The standard InChI is InChI=1S/C30H32N4O4/c1-5-17-34(26(35)19-33(2)3)23-14-12-22(13-15-23)31-28(20-9-7-6-8-10-20)27-24-16-11-21(30(37)38-4)18-25(24)32-29(27)36/h6-16,18,31H,5,17,19H2,1-4H3,(H,32,36)/b28-27-. The molecule has 8 heteroatoms. The maximum atomic E-state index is 13.2. The van der Waals surface area contributed by atoms with Crippen molar-refractivity contribution in [2.45, 2.75) is 13.3 Å². The van der Waals surface area contributed by atoms with Crippen LogP contribution >= 0.6 is 0 Å². The van der Waals surface area contributed by atoms with E-state index in [2.05, 4.69) is 10.6 Å². The topological polar surface area (TPSA) is 91.0 Å². The first kappa shape index (κ1) is 26.6. The number of carbonyl (C=O) groups excluding carboxylic acids is 3. The zero-order valence-electron chi connectivity index (χ0n) is 22.1. The molecule has 196 valence electrons. The van der Waals surface area contributed by atoms with Crippen LogP contribution in [0, 0.1) is 0 Å². The zero-order chi connectivity index (χ0) is 27.2. The molecule has 3 aromatic carbocycles. The van der Waals surface area contributed by atoms with Crippen LogP contribution in [0.3, 0.4) is 0 Å². The van der Waals surface area contributed by atoms with Gasteiger partial charge >= 0.3 is 5.97 Å². The first-order valence-corrected chi connectivity index (χ1v) is 12.5. The summed E-state index contributed by atoms with van der Waals surface area (Å²) in [5.74, 6) is -0.703. The molecule has 0 aliphatic carbocycles. The molecule has 1 aliphatic rings. The maximum absolute atomic E-state index is 13.2. The van der Waals surface area contributed by atoms with Crippen LogP contribution in [0.25, 0.3) is 11.3 Å². The average molecular weight is 513 g/mol. The van der Waals surface area contributed by atoms with Crippen LogP contribution in [0.1, 0.15) is 34.8 Å². The number of nitrogens with one attached hydrogen (secondary N) is 2. The Morgan fingerprint density at radius 3 is 2.29 bits per heavy atom. The van der Waals surface area contributed by atoms with Crippen molar-refractivity contribution in [3.8, 4) is 0 Å². The zero-order valence-corrected chi connectivity index (χ0v) is 22.1.